The highest BCUT2D eigenvalue weighted by atomic mass is 16.5. The predicted octanol–water partition coefficient (Wildman–Crippen LogP) is 3.85. The lowest BCUT2D eigenvalue weighted by molar-refractivity contribution is 0.0775. The quantitative estimate of drug-likeness (QED) is 0.687. The Bertz CT molecular complexity index is 997. The van der Waals surface area contributed by atoms with Gasteiger partial charge in [0.2, 0.25) is 0 Å². The summed E-state index contributed by atoms with van der Waals surface area (Å²) in [6.07, 6.45) is 0. The fourth-order valence-electron chi connectivity index (χ4n) is 3.59. The molecule has 0 saturated heterocycles. The number of rotatable bonds is 5. The third-order valence-corrected chi connectivity index (χ3v) is 5.17. The van der Waals surface area contributed by atoms with Gasteiger partial charge in [-0.1, -0.05) is 0 Å². The van der Waals surface area contributed by atoms with Crippen LogP contribution in [0, 0.1) is 13.8 Å². The van der Waals surface area contributed by atoms with Crippen LogP contribution in [0.15, 0.2) is 24.3 Å². The minimum atomic E-state index is -0.0104. The molecule has 27 heavy (non-hydrogen) atoms. The molecule has 0 saturated carbocycles. The summed E-state index contributed by atoms with van der Waals surface area (Å²) in [5.41, 5.74) is 4.87. The fourth-order valence-corrected chi connectivity index (χ4v) is 3.59. The first-order valence-electron chi connectivity index (χ1n) is 9.18. The number of ether oxygens (including phenoxy) is 1. The maximum absolute atomic E-state index is 13.1. The zero-order valence-corrected chi connectivity index (χ0v) is 17.2. The van der Waals surface area contributed by atoms with Gasteiger partial charge in [-0.3, -0.25) is 9.48 Å². The molecule has 3 rings (SSSR count). The number of carbonyl (C=O) groups is 1. The van der Waals surface area contributed by atoms with Crippen molar-refractivity contribution < 1.29 is 9.53 Å². The Kier molecular flexibility index (Phi) is 5.00. The summed E-state index contributed by atoms with van der Waals surface area (Å²) in [7, 11) is 5.40. The first kappa shape index (κ1) is 19.0. The van der Waals surface area contributed by atoms with Gasteiger partial charge in [-0.05, 0) is 52.0 Å². The molecule has 2 heterocycles. The second kappa shape index (κ2) is 7.10. The van der Waals surface area contributed by atoms with E-state index in [1.807, 2.05) is 54.5 Å². The summed E-state index contributed by atoms with van der Waals surface area (Å²) in [5, 5.41) is 5.62. The van der Waals surface area contributed by atoms with Gasteiger partial charge < -0.3 is 14.2 Å². The van der Waals surface area contributed by atoms with Gasteiger partial charge in [0, 0.05) is 48.8 Å². The number of nitrogens with zero attached hydrogens (tertiary/aromatic N) is 4. The van der Waals surface area contributed by atoms with Gasteiger partial charge in [0.1, 0.15) is 11.4 Å². The van der Waals surface area contributed by atoms with E-state index in [1.54, 1.807) is 12.0 Å². The Morgan fingerprint density at radius 2 is 1.96 bits per heavy atom. The Morgan fingerprint density at radius 3 is 2.56 bits per heavy atom. The number of carbonyl (C=O) groups excluding carboxylic acids is 1. The van der Waals surface area contributed by atoms with Crippen molar-refractivity contribution >= 4 is 16.8 Å². The van der Waals surface area contributed by atoms with Crippen LogP contribution >= 0.6 is 0 Å². The zero-order chi connectivity index (χ0) is 19.9. The second-order valence-corrected chi connectivity index (χ2v) is 7.36. The predicted molar refractivity (Wildman–Crippen MR) is 107 cm³/mol. The maximum atomic E-state index is 13.1. The third-order valence-electron chi connectivity index (χ3n) is 5.17. The summed E-state index contributed by atoms with van der Waals surface area (Å²) >= 11 is 0. The molecule has 0 spiro atoms. The number of fused-ring (bicyclic) bond motifs is 1. The van der Waals surface area contributed by atoms with Crippen molar-refractivity contribution in [1.82, 2.24) is 19.2 Å². The topological polar surface area (TPSA) is 52.3 Å². The average molecular weight is 368 g/mol. The molecular formula is C21H28N4O2. The van der Waals surface area contributed by atoms with Crippen LogP contribution in [0.3, 0.4) is 0 Å². The van der Waals surface area contributed by atoms with Crippen molar-refractivity contribution in [2.24, 2.45) is 7.05 Å². The molecule has 0 radical (unpaired) electrons. The van der Waals surface area contributed by atoms with Gasteiger partial charge in [-0.25, -0.2) is 0 Å². The van der Waals surface area contributed by atoms with Gasteiger partial charge in [-0.15, -0.1) is 0 Å². The number of hydrogen-bond donors (Lipinski definition) is 0. The number of aryl methyl sites for hydroxylation is 2. The van der Waals surface area contributed by atoms with E-state index in [-0.39, 0.29) is 5.91 Å². The molecule has 0 atom stereocenters. The number of aromatic nitrogens is 3. The van der Waals surface area contributed by atoms with Crippen molar-refractivity contribution in [1.29, 1.82) is 0 Å². The van der Waals surface area contributed by atoms with E-state index in [0.717, 1.165) is 33.6 Å². The van der Waals surface area contributed by atoms with Crippen LogP contribution in [0.5, 0.6) is 5.75 Å². The highest BCUT2D eigenvalue weighted by molar-refractivity contribution is 5.98. The molecule has 0 N–H and O–H groups in total. The van der Waals surface area contributed by atoms with Crippen molar-refractivity contribution in [3.63, 3.8) is 0 Å². The van der Waals surface area contributed by atoms with Crippen LogP contribution in [0.25, 0.3) is 10.9 Å². The summed E-state index contributed by atoms with van der Waals surface area (Å²) in [5.74, 6) is 0.775. The molecule has 2 aromatic heterocycles. The van der Waals surface area contributed by atoms with Crippen molar-refractivity contribution in [3.8, 4) is 5.75 Å². The minimum absolute atomic E-state index is 0.0104. The van der Waals surface area contributed by atoms with Crippen molar-refractivity contribution in [3.05, 3.63) is 46.9 Å². The van der Waals surface area contributed by atoms with Crippen LogP contribution in [-0.2, 0) is 13.6 Å². The summed E-state index contributed by atoms with van der Waals surface area (Å²) in [6, 6.07) is 8.06. The highest BCUT2D eigenvalue weighted by Crippen LogP contribution is 2.25. The molecule has 1 aromatic carbocycles. The molecule has 6 nitrogen and oxygen atoms in total. The smallest absolute Gasteiger partial charge is 0.270 e. The van der Waals surface area contributed by atoms with E-state index in [9.17, 15) is 4.79 Å². The van der Waals surface area contributed by atoms with Crippen LogP contribution in [0.4, 0.5) is 0 Å². The summed E-state index contributed by atoms with van der Waals surface area (Å²) < 4.78 is 9.25. The zero-order valence-electron chi connectivity index (χ0n) is 17.2. The number of amides is 1. The lowest BCUT2D eigenvalue weighted by Crippen LogP contribution is -2.28. The number of hydrogen-bond acceptors (Lipinski definition) is 3. The normalized spacial score (nSPS) is 11.4. The first-order valence-corrected chi connectivity index (χ1v) is 9.18. The molecule has 6 heteroatoms. The van der Waals surface area contributed by atoms with Gasteiger partial charge in [0.25, 0.3) is 5.91 Å². The van der Waals surface area contributed by atoms with E-state index in [0.29, 0.717) is 18.3 Å². The Morgan fingerprint density at radius 1 is 1.26 bits per heavy atom. The molecule has 0 unspecified atom stereocenters. The van der Waals surface area contributed by atoms with Crippen molar-refractivity contribution in [2.75, 3.05) is 14.2 Å². The minimum Gasteiger partial charge on any atom is -0.497 e. The Labute approximate surface area is 160 Å². The Balaban J connectivity index is 1.90. The standard InChI is InChI=1S/C21H28N4O2/c1-13(2)25-15(4)18(14(3)22-25)12-23(5)21(26)20-11-16-10-17(27-7)8-9-19(16)24(20)6/h8-11,13H,12H2,1-7H3. The summed E-state index contributed by atoms with van der Waals surface area (Å²) in [6.45, 7) is 8.83. The van der Waals surface area contributed by atoms with Crippen LogP contribution in [0.2, 0.25) is 0 Å². The highest BCUT2D eigenvalue weighted by Gasteiger charge is 2.21. The number of methoxy groups -OCH3 is 1. The second-order valence-electron chi connectivity index (χ2n) is 7.36. The first-order chi connectivity index (χ1) is 12.7. The van der Waals surface area contributed by atoms with Gasteiger partial charge in [-0.2, -0.15) is 5.10 Å². The van der Waals surface area contributed by atoms with Crippen molar-refractivity contribution in [2.45, 2.75) is 40.3 Å². The van der Waals surface area contributed by atoms with E-state index in [1.165, 1.54) is 0 Å². The van der Waals surface area contributed by atoms with Crippen LogP contribution in [-0.4, -0.2) is 39.3 Å². The molecule has 3 aromatic rings. The third kappa shape index (κ3) is 3.31. The molecule has 144 valence electrons. The Hall–Kier alpha value is -2.76. The lowest BCUT2D eigenvalue weighted by Gasteiger charge is -2.18. The fraction of sp³-hybridized carbons (Fsp3) is 0.429. The van der Waals surface area contributed by atoms with Gasteiger partial charge in [0.15, 0.2) is 0 Å². The van der Waals surface area contributed by atoms with Gasteiger partial charge >= 0.3 is 0 Å². The maximum Gasteiger partial charge on any atom is 0.270 e. The molecular weight excluding hydrogens is 340 g/mol. The van der Waals surface area contributed by atoms with E-state index in [2.05, 4.69) is 25.9 Å². The van der Waals surface area contributed by atoms with Crippen LogP contribution < -0.4 is 4.74 Å². The SMILES string of the molecule is COc1ccc2c(c1)cc(C(=O)N(C)Cc1c(C)nn(C(C)C)c1C)n2C. The van der Waals surface area contributed by atoms with Gasteiger partial charge in [0.05, 0.1) is 12.8 Å². The molecule has 0 aliphatic heterocycles. The molecule has 0 aliphatic rings. The molecule has 0 aliphatic carbocycles. The average Bonchev–Trinajstić information content (AvgIpc) is 3.12. The van der Waals surface area contributed by atoms with E-state index < -0.39 is 0 Å². The number of benzene rings is 1. The summed E-state index contributed by atoms with van der Waals surface area (Å²) in [4.78, 5) is 14.9. The monoisotopic (exact) mass is 368 g/mol. The molecule has 1 amide bonds. The largest absolute Gasteiger partial charge is 0.497 e. The molecule has 0 bridgehead atoms. The molecule has 0 fully saturated rings. The lowest BCUT2D eigenvalue weighted by atomic mass is 10.1. The van der Waals surface area contributed by atoms with E-state index >= 15 is 0 Å². The van der Waals surface area contributed by atoms with E-state index in [4.69, 9.17) is 4.74 Å². The van der Waals surface area contributed by atoms with Crippen LogP contribution in [0.1, 0.15) is 47.3 Å².